The third kappa shape index (κ3) is 1.71. The molecule has 2 aromatic rings. The van der Waals surface area contributed by atoms with Crippen LogP contribution in [0.1, 0.15) is 31.1 Å². The van der Waals surface area contributed by atoms with E-state index in [0.29, 0.717) is 21.6 Å². The van der Waals surface area contributed by atoms with Crippen molar-refractivity contribution in [1.82, 2.24) is 9.97 Å². The van der Waals surface area contributed by atoms with E-state index in [9.17, 15) is 4.79 Å². The number of carbonyl (C=O) groups excluding carboxylic acids is 1. The van der Waals surface area contributed by atoms with Gasteiger partial charge >= 0.3 is 0 Å². The lowest BCUT2D eigenvalue weighted by Gasteiger charge is -2.15. The quantitative estimate of drug-likeness (QED) is 0.771. The van der Waals surface area contributed by atoms with Crippen LogP contribution in [-0.2, 0) is 0 Å². The lowest BCUT2D eigenvalue weighted by molar-refractivity contribution is 0.0860. The third-order valence-electron chi connectivity index (χ3n) is 2.45. The second kappa shape index (κ2) is 3.59. The van der Waals surface area contributed by atoms with Crippen LogP contribution in [0.2, 0.25) is 5.02 Å². The fraction of sp³-hybridized carbons (Fsp3) is 0.333. The number of nitrogens with one attached hydrogen (secondary N) is 1. The second-order valence-corrected chi connectivity index (χ2v) is 5.21. The van der Waals surface area contributed by atoms with E-state index in [0.717, 1.165) is 0 Å². The number of aromatic amines is 1. The summed E-state index contributed by atoms with van der Waals surface area (Å²) < 4.78 is 0. The molecular formula is C12H13ClN2O. The maximum atomic E-state index is 12.2. The average molecular weight is 237 g/mol. The van der Waals surface area contributed by atoms with Crippen LogP contribution >= 0.6 is 11.6 Å². The molecular weight excluding hydrogens is 224 g/mol. The molecule has 0 amide bonds. The predicted molar refractivity (Wildman–Crippen MR) is 64.9 cm³/mol. The standard InChI is InChI=1S/C12H13ClN2O/c1-12(2,3)10(16)7-6-15-11-9(7)8(13)4-5-14-11/h4-6H,1-3H3,(H,14,15). The maximum Gasteiger partial charge on any atom is 0.170 e. The van der Waals surface area contributed by atoms with Gasteiger partial charge in [-0.15, -0.1) is 0 Å². The number of carbonyl (C=O) groups is 1. The minimum Gasteiger partial charge on any atom is -0.345 e. The number of halogens is 1. The first kappa shape index (κ1) is 11.1. The molecule has 16 heavy (non-hydrogen) atoms. The highest BCUT2D eigenvalue weighted by Crippen LogP contribution is 2.30. The van der Waals surface area contributed by atoms with Gasteiger partial charge in [-0.3, -0.25) is 4.79 Å². The third-order valence-corrected chi connectivity index (χ3v) is 2.76. The van der Waals surface area contributed by atoms with E-state index in [-0.39, 0.29) is 5.78 Å². The van der Waals surface area contributed by atoms with E-state index in [1.807, 2.05) is 20.8 Å². The molecule has 3 nitrogen and oxygen atoms in total. The second-order valence-electron chi connectivity index (χ2n) is 4.80. The van der Waals surface area contributed by atoms with E-state index in [1.165, 1.54) is 0 Å². The summed E-state index contributed by atoms with van der Waals surface area (Å²) in [4.78, 5) is 19.3. The molecule has 0 radical (unpaired) electrons. The highest BCUT2D eigenvalue weighted by Gasteiger charge is 2.26. The molecule has 1 N–H and O–H groups in total. The van der Waals surface area contributed by atoms with Crippen molar-refractivity contribution in [2.75, 3.05) is 0 Å². The largest absolute Gasteiger partial charge is 0.345 e. The molecule has 0 saturated carbocycles. The van der Waals surface area contributed by atoms with Crippen molar-refractivity contribution < 1.29 is 4.79 Å². The zero-order valence-electron chi connectivity index (χ0n) is 9.47. The van der Waals surface area contributed by atoms with Crippen LogP contribution < -0.4 is 0 Å². The predicted octanol–water partition coefficient (Wildman–Crippen LogP) is 3.45. The first-order valence-corrected chi connectivity index (χ1v) is 5.45. The van der Waals surface area contributed by atoms with Crippen molar-refractivity contribution in [3.8, 4) is 0 Å². The summed E-state index contributed by atoms with van der Waals surface area (Å²) in [7, 11) is 0. The summed E-state index contributed by atoms with van der Waals surface area (Å²) >= 11 is 6.09. The summed E-state index contributed by atoms with van der Waals surface area (Å²) in [6, 6.07) is 1.69. The highest BCUT2D eigenvalue weighted by molar-refractivity contribution is 6.36. The van der Waals surface area contributed by atoms with E-state index in [2.05, 4.69) is 9.97 Å². The SMILES string of the molecule is CC(C)(C)C(=O)c1c[nH]c2nccc(Cl)c12. The Kier molecular flexibility index (Phi) is 2.50. The normalized spacial score (nSPS) is 12.0. The van der Waals surface area contributed by atoms with Gasteiger partial charge in [0.15, 0.2) is 5.78 Å². The zero-order valence-corrected chi connectivity index (χ0v) is 10.2. The van der Waals surface area contributed by atoms with Gasteiger partial charge in [0.1, 0.15) is 5.65 Å². The molecule has 0 aliphatic carbocycles. The van der Waals surface area contributed by atoms with Gasteiger partial charge in [0.05, 0.1) is 5.02 Å². The van der Waals surface area contributed by atoms with E-state index in [4.69, 9.17) is 11.6 Å². The number of H-pyrrole nitrogens is 1. The molecule has 4 heteroatoms. The topological polar surface area (TPSA) is 45.8 Å². The minimum absolute atomic E-state index is 0.0636. The van der Waals surface area contributed by atoms with Crippen molar-refractivity contribution in [3.63, 3.8) is 0 Å². The molecule has 0 spiro atoms. The first-order valence-electron chi connectivity index (χ1n) is 5.07. The van der Waals surface area contributed by atoms with Crippen LogP contribution in [0, 0.1) is 5.41 Å². The van der Waals surface area contributed by atoms with Crippen LogP contribution in [0.5, 0.6) is 0 Å². The van der Waals surface area contributed by atoms with Gasteiger partial charge in [0, 0.05) is 28.8 Å². The minimum atomic E-state index is -0.422. The van der Waals surface area contributed by atoms with Crippen molar-refractivity contribution >= 4 is 28.4 Å². The van der Waals surface area contributed by atoms with Crippen LogP contribution in [0.25, 0.3) is 11.0 Å². The van der Waals surface area contributed by atoms with Gasteiger partial charge in [0.2, 0.25) is 0 Å². The smallest absolute Gasteiger partial charge is 0.170 e. The number of Topliss-reactive ketones (excluding diaryl/α,β-unsaturated/α-hetero) is 1. The number of ketones is 1. The number of pyridine rings is 1. The highest BCUT2D eigenvalue weighted by atomic mass is 35.5. The average Bonchev–Trinajstić information content (AvgIpc) is 2.60. The lowest BCUT2D eigenvalue weighted by atomic mass is 9.86. The Morgan fingerprint density at radius 1 is 1.44 bits per heavy atom. The summed E-state index contributed by atoms with van der Waals surface area (Å²) in [6.45, 7) is 5.66. The molecule has 0 saturated heterocycles. The van der Waals surface area contributed by atoms with Crippen molar-refractivity contribution in [2.45, 2.75) is 20.8 Å². The molecule has 2 heterocycles. The van der Waals surface area contributed by atoms with E-state index >= 15 is 0 Å². The van der Waals surface area contributed by atoms with Crippen molar-refractivity contribution in [3.05, 3.63) is 29.0 Å². The molecule has 0 atom stereocenters. The van der Waals surface area contributed by atoms with Crippen LogP contribution in [0.3, 0.4) is 0 Å². The number of aromatic nitrogens is 2. The molecule has 0 aliphatic rings. The van der Waals surface area contributed by atoms with E-state index in [1.54, 1.807) is 18.5 Å². The molecule has 2 rings (SSSR count). The van der Waals surface area contributed by atoms with Crippen LogP contribution in [0.15, 0.2) is 18.5 Å². The molecule has 0 fully saturated rings. The van der Waals surface area contributed by atoms with Gasteiger partial charge in [-0.05, 0) is 6.07 Å². The monoisotopic (exact) mass is 236 g/mol. The van der Waals surface area contributed by atoms with Gasteiger partial charge in [0.25, 0.3) is 0 Å². The molecule has 0 unspecified atom stereocenters. The molecule has 84 valence electrons. The van der Waals surface area contributed by atoms with Crippen molar-refractivity contribution in [2.24, 2.45) is 5.41 Å². The Morgan fingerprint density at radius 2 is 2.12 bits per heavy atom. The molecule has 0 aromatic carbocycles. The van der Waals surface area contributed by atoms with Gasteiger partial charge in [-0.1, -0.05) is 32.4 Å². The number of nitrogens with zero attached hydrogens (tertiary/aromatic N) is 1. The van der Waals surface area contributed by atoms with Crippen molar-refractivity contribution in [1.29, 1.82) is 0 Å². The Hall–Kier alpha value is -1.35. The number of hydrogen-bond acceptors (Lipinski definition) is 2. The zero-order chi connectivity index (χ0) is 11.9. The summed E-state index contributed by atoms with van der Waals surface area (Å²) in [5.41, 5.74) is 0.842. The fourth-order valence-corrected chi connectivity index (χ4v) is 1.85. The molecule has 0 bridgehead atoms. The summed E-state index contributed by atoms with van der Waals surface area (Å²) in [6.07, 6.45) is 3.30. The fourth-order valence-electron chi connectivity index (χ4n) is 1.60. The number of hydrogen-bond donors (Lipinski definition) is 1. The first-order chi connectivity index (χ1) is 7.41. The molecule has 0 aliphatic heterocycles. The Labute approximate surface area is 98.8 Å². The van der Waals surface area contributed by atoms with Gasteiger partial charge in [-0.25, -0.2) is 4.98 Å². The summed E-state index contributed by atoms with van der Waals surface area (Å²) in [5, 5.41) is 1.27. The maximum absolute atomic E-state index is 12.2. The Balaban J connectivity index is 2.67. The Bertz CT molecular complexity index is 552. The lowest BCUT2D eigenvalue weighted by Crippen LogP contribution is -2.19. The van der Waals surface area contributed by atoms with Gasteiger partial charge in [-0.2, -0.15) is 0 Å². The van der Waals surface area contributed by atoms with Crippen LogP contribution in [-0.4, -0.2) is 15.8 Å². The van der Waals surface area contributed by atoms with E-state index < -0.39 is 5.41 Å². The number of rotatable bonds is 1. The number of fused-ring (bicyclic) bond motifs is 1. The Morgan fingerprint density at radius 3 is 2.75 bits per heavy atom. The molecule has 2 aromatic heterocycles. The summed E-state index contributed by atoms with van der Waals surface area (Å²) in [5.74, 6) is 0.0636. The van der Waals surface area contributed by atoms with Gasteiger partial charge < -0.3 is 4.98 Å². The van der Waals surface area contributed by atoms with Crippen LogP contribution in [0.4, 0.5) is 0 Å².